The molecule has 0 spiro atoms. The molecule has 2 aliphatic rings. The van der Waals surface area contributed by atoms with Crippen molar-refractivity contribution in [3.05, 3.63) is 0 Å². The molecule has 0 amide bonds. The maximum absolute atomic E-state index is 9.78. The molecule has 1 heterocycles. The van der Waals surface area contributed by atoms with Crippen molar-refractivity contribution in [2.45, 2.75) is 51.7 Å². The molecule has 0 aromatic heterocycles. The second-order valence-corrected chi connectivity index (χ2v) is 5.20. The van der Waals surface area contributed by atoms with E-state index < -0.39 is 0 Å². The van der Waals surface area contributed by atoms with E-state index in [0.717, 1.165) is 12.8 Å². The Kier molecular flexibility index (Phi) is 1.99. The summed E-state index contributed by atoms with van der Waals surface area (Å²) in [6.45, 7) is 6.46. The smallest absolute Gasteiger partial charge is 0.0623 e. The average molecular weight is 181 g/mol. The number of hydrogen-bond acceptors (Lipinski definition) is 2. The van der Waals surface area contributed by atoms with Crippen molar-refractivity contribution in [3.8, 4) is 0 Å². The number of aliphatic imine (C=N–C) groups is 1. The zero-order valence-electron chi connectivity index (χ0n) is 8.75. The van der Waals surface area contributed by atoms with Gasteiger partial charge >= 0.3 is 0 Å². The van der Waals surface area contributed by atoms with Crippen LogP contribution in [0, 0.1) is 11.8 Å². The van der Waals surface area contributed by atoms with Crippen molar-refractivity contribution in [1.82, 2.24) is 0 Å². The average Bonchev–Trinajstić information content (AvgIpc) is 2.28. The van der Waals surface area contributed by atoms with E-state index in [2.05, 4.69) is 25.8 Å². The second-order valence-electron chi connectivity index (χ2n) is 5.20. The highest BCUT2D eigenvalue weighted by Crippen LogP contribution is 2.42. The van der Waals surface area contributed by atoms with Crippen LogP contribution in [0.4, 0.5) is 0 Å². The highest BCUT2D eigenvalue weighted by atomic mass is 16.3. The van der Waals surface area contributed by atoms with Crippen LogP contribution in [0.5, 0.6) is 0 Å². The molecule has 0 unspecified atom stereocenters. The lowest BCUT2D eigenvalue weighted by Gasteiger charge is -2.35. The van der Waals surface area contributed by atoms with Gasteiger partial charge in [0.05, 0.1) is 11.6 Å². The van der Waals surface area contributed by atoms with Gasteiger partial charge in [0.15, 0.2) is 0 Å². The molecule has 1 saturated carbocycles. The first-order valence-electron chi connectivity index (χ1n) is 5.24. The normalized spacial score (nSPS) is 42.8. The fourth-order valence-electron chi connectivity index (χ4n) is 3.15. The summed E-state index contributed by atoms with van der Waals surface area (Å²) in [6.07, 6.45) is 3.18. The number of hydrogen-bond donors (Lipinski definition) is 1. The van der Waals surface area contributed by atoms with Crippen LogP contribution in [0.3, 0.4) is 0 Å². The van der Waals surface area contributed by atoms with Crippen molar-refractivity contribution in [2.24, 2.45) is 16.8 Å². The Morgan fingerprint density at radius 2 is 2.08 bits per heavy atom. The van der Waals surface area contributed by atoms with Gasteiger partial charge in [0, 0.05) is 11.6 Å². The van der Waals surface area contributed by atoms with Crippen molar-refractivity contribution in [1.29, 1.82) is 0 Å². The molecule has 2 nitrogen and oxygen atoms in total. The van der Waals surface area contributed by atoms with Gasteiger partial charge in [-0.3, -0.25) is 4.99 Å². The Bertz CT molecular complexity index is 244. The van der Waals surface area contributed by atoms with Crippen LogP contribution < -0.4 is 0 Å². The Morgan fingerprint density at radius 1 is 1.38 bits per heavy atom. The zero-order valence-corrected chi connectivity index (χ0v) is 8.75. The van der Waals surface area contributed by atoms with Crippen LogP contribution in [0.15, 0.2) is 4.99 Å². The number of aliphatic hydroxyl groups is 1. The molecule has 0 saturated heterocycles. The monoisotopic (exact) mass is 181 g/mol. The van der Waals surface area contributed by atoms with Gasteiger partial charge < -0.3 is 5.11 Å². The molecule has 2 rings (SSSR count). The Labute approximate surface area is 80.1 Å². The standard InChI is InChI=1S/C11H19NO/c1-7-10-8(4-5-9(10)13)6-11(2,3)12-7/h8-10,13H,4-6H2,1-3H3/t8-,9+,10-/m0/s1. The topological polar surface area (TPSA) is 32.6 Å². The van der Waals surface area contributed by atoms with Gasteiger partial charge in [-0.2, -0.15) is 0 Å². The molecule has 0 bridgehead atoms. The van der Waals surface area contributed by atoms with Gasteiger partial charge in [-0.25, -0.2) is 0 Å². The lowest BCUT2D eigenvalue weighted by atomic mass is 9.78. The summed E-state index contributed by atoms with van der Waals surface area (Å²) in [5.74, 6) is 1.05. The molecular weight excluding hydrogens is 162 g/mol. The third-order valence-electron chi connectivity index (χ3n) is 3.48. The minimum Gasteiger partial charge on any atom is -0.392 e. The molecule has 74 valence electrons. The zero-order chi connectivity index (χ0) is 9.64. The molecule has 1 aliphatic heterocycles. The third-order valence-corrected chi connectivity index (χ3v) is 3.48. The summed E-state index contributed by atoms with van der Waals surface area (Å²) in [6, 6.07) is 0. The van der Waals surface area contributed by atoms with E-state index >= 15 is 0 Å². The Balaban J connectivity index is 2.28. The van der Waals surface area contributed by atoms with Crippen molar-refractivity contribution < 1.29 is 5.11 Å². The van der Waals surface area contributed by atoms with Crippen LogP contribution in [0.1, 0.15) is 40.0 Å². The van der Waals surface area contributed by atoms with E-state index in [1.165, 1.54) is 12.1 Å². The highest BCUT2D eigenvalue weighted by Gasteiger charge is 2.42. The largest absolute Gasteiger partial charge is 0.392 e. The summed E-state index contributed by atoms with van der Waals surface area (Å²) >= 11 is 0. The molecule has 1 aliphatic carbocycles. The van der Waals surface area contributed by atoms with Gasteiger partial charge in [-0.15, -0.1) is 0 Å². The molecule has 1 N–H and O–H groups in total. The predicted octanol–water partition coefficient (Wildman–Crippen LogP) is 2.02. The third kappa shape index (κ3) is 1.52. The summed E-state index contributed by atoms with van der Waals surface area (Å²) in [5.41, 5.74) is 1.28. The Morgan fingerprint density at radius 3 is 2.77 bits per heavy atom. The van der Waals surface area contributed by atoms with E-state index in [1.807, 2.05) is 0 Å². The van der Waals surface area contributed by atoms with Gasteiger partial charge in [-0.05, 0) is 46.0 Å². The quantitative estimate of drug-likeness (QED) is 0.609. The first-order chi connectivity index (χ1) is 5.99. The first kappa shape index (κ1) is 9.20. The second kappa shape index (κ2) is 2.81. The summed E-state index contributed by atoms with van der Waals surface area (Å²) in [4.78, 5) is 4.66. The minimum absolute atomic E-state index is 0.106. The number of rotatable bonds is 0. The van der Waals surface area contributed by atoms with E-state index in [-0.39, 0.29) is 11.6 Å². The minimum atomic E-state index is -0.121. The van der Waals surface area contributed by atoms with E-state index in [9.17, 15) is 5.11 Å². The molecule has 13 heavy (non-hydrogen) atoms. The lowest BCUT2D eigenvalue weighted by molar-refractivity contribution is 0.139. The lowest BCUT2D eigenvalue weighted by Crippen LogP contribution is -2.37. The van der Waals surface area contributed by atoms with Crippen molar-refractivity contribution in [2.75, 3.05) is 0 Å². The van der Waals surface area contributed by atoms with Crippen LogP contribution in [0.25, 0.3) is 0 Å². The molecule has 2 heteroatoms. The van der Waals surface area contributed by atoms with Gasteiger partial charge in [0.25, 0.3) is 0 Å². The molecule has 0 radical (unpaired) electrons. The summed E-state index contributed by atoms with van der Waals surface area (Å²) < 4.78 is 0. The van der Waals surface area contributed by atoms with E-state index in [1.54, 1.807) is 0 Å². The van der Waals surface area contributed by atoms with Gasteiger partial charge in [0.1, 0.15) is 0 Å². The van der Waals surface area contributed by atoms with Crippen LogP contribution in [-0.2, 0) is 0 Å². The van der Waals surface area contributed by atoms with Crippen LogP contribution in [0.2, 0.25) is 0 Å². The fourth-order valence-corrected chi connectivity index (χ4v) is 3.15. The predicted molar refractivity (Wildman–Crippen MR) is 54.0 cm³/mol. The van der Waals surface area contributed by atoms with Crippen molar-refractivity contribution >= 4 is 5.71 Å². The summed E-state index contributed by atoms with van der Waals surface area (Å²) in [5, 5.41) is 9.78. The molecule has 1 fully saturated rings. The Hall–Kier alpha value is -0.370. The SMILES string of the molecule is CC1=NC(C)(C)C[C@@H]2CC[C@@H](O)[C@@H]12. The number of nitrogens with zero attached hydrogens (tertiary/aromatic N) is 1. The van der Waals surface area contributed by atoms with Gasteiger partial charge in [0.2, 0.25) is 0 Å². The van der Waals surface area contributed by atoms with E-state index in [4.69, 9.17) is 0 Å². The van der Waals surface area contributed by atoms with Crippen LogP contribution in [-0.4, -0.2) is 22.5 Å². The molecule has 0 aromatic carbocycles. The molecule has 0 aromatic rings. The number of fused-ring (bicyclic) bond motifs is 1. The van der Waals surface area contributed by atoms with Gasteiger partial charge in [-0.1, -0.05) is 0 Å². The molecule has 3 atom stereocenters. The van der Waals surface area contributed by atoms with Crippen molar-refractivity contribution in [3.63, 3.8) is 0 Å². The maximum atomic E-state index is 9.78. The first-order valence-corrected chi connectivity index (χ1v) is 5.24. The maximum Gasteiger partial charge on any atom is 0.0623 e. The highest BCUT2D eigenvalue weighted by molar-refractivity contribution is 5.86. The fraction of sp³-hybridized carbons (Fsp3) is 0.909. The summed E-state index contributed by atoms with van der Waals surface area (Å²) in [7, 11) is 0. The van der Waals surface area contributed by atoms with Crippen LogP contribution >= 0.6 is 0 Å². The number of aliphatic hydroxyl groups excluding tert-OH is 1. The molecular formula is C11H19NO. The van der Waals surface area contributed by atoms with E-state index in [0.29, 0.717) is 11.8 Å².